The second-order valence-electron chi connectivity index (χ2n) is 7.61. The van der Waals surface area contributed by atoms with Gasteiger partial charge in [0.25, 0.3) is 0 Å². The number of allylic oxidation sites excluding steroid dienone is 2. The molecule has 4 rings (SSSR count). The lowest BCUT2D eigenvalue weighted by Crippen LogP contribution is -2.02. The van der Waals surface area contributed by atoms with Crippen molar-refractivity contribution < 1.29 is 19.1 Å². The zero-order valence-electron chi connectivity index (χ0n) is 18.7. The molecule has 6 heteroatoms. The Kier molecular flexibility index (Phi) is 7.30. The first-order valence-corrected chi connectivity index (χ1v) is 10.8. The lowest BCUT2D eigenvalue weighted by Gasteiger charge is -2.10. The summed E-state index contributed by atoms with van der Waals surface area (Å²) in [5.41, 5.74) is 3.64. The molecule has 0 aliphatic rings. The highest BCUT2D eigenvalue weighted by Crippen LogP contribution is 2.26. The van der Waals surface area contributed by atoms with E-state index in [-0.39, 0.29) is 18.0 Å². The normalized spacial score (nSPS) is 11.3. The molecule has 2 aromatic heterocycles. The van der Waals surface area contributed by atoms with Crippen molar-refractivity contribution in [1.29, 1.82) is 0 Å². The van der Waals surface area contributed by atoms with E-state index in [2.05, 4.69) is 9.97 Å². The summed E-state index contributed by atoms with van der Waals surface area (Å²) in [4.78, 5) is 31.7. The largest absolute Gasteiger partial charge is 0.496 e. The van der Waals surface area contributed by atoms with E-state index in [9.17, 15) is 9.59 Å². The van der Waals surface area contributed by atoms with Gasteiger partial charge in [0, 0.05) is 41.1 Å². The third kappa shape index (κ3) is 5.86. The number of fused-ring (bicyclic) bond motifs is 1. The topological polar surface area (TPSA) is 81.3 Å². The Morgan fingerprint density at radius 2 is 1.71 bits per heavy atom. The van der Waals surface area contributed by atoms with Crippen LogP contribution in [0.3, 0.4) is 0 Å². The van der Waals surface area contributed by atoms with E-state index >= 15 is 0 Å². The average molecular weight is 453 g/mol. The van der Waals surface area contributed by atoms with E-state index in [4.69, 9.17) is 9.47 Å². The van der Waals surface area contributed by atoms with Crippen molar-refractivity contribution >= 4 is 34.6 Å². The lowest BCUT2D eigenvalue weighted by molar-refractivity contribution is -0.121. The molecule has 34 heavy (non-hydrogen) atoms. The first-order valence-electron chi connectivity index (χ1n) is 10.8. The second kappa shape index (κ2) is 10.9. The number of hydrogen-bond acceptors (Lipinski definition) is 5. The number of aromatic nitrogens is 2. The summed E-state index contributed by atoms with van der Waals surface area (Å²) in [6.45, 7) is 0.410. The van der Waals surface area contributed by atoms with Crippen molar-refractivity contribution in [2.45, 2.75) is 13.0 Å². The number of pyridine rings is 1. The molecule has 2 heterocycles. The van der Waals surface area contributed by atoms with Crippen LogP contribution in [0.15, 0.2) is 85.3 Å². The van der Waals surface area contributed by atoms with E-state index in [1.807, 2.05) is 54.7 Å². The highest BCUT2D eigenvalue weighted by molar-refractivity contribution is 6.11. The molecule has 0 atom stereocenters. The maximum Gasteiger partial charge on any atom is 0.163 e. The number of carbonyl (C=O) groups excluding carboxylic acids is 2. The van der Waals surface area contributed by atoms with Gasteiger partial charge >= 0.3 is 0 Å². The van der Waals surface area contributed by atoms with Crippen LogP contribution in [0.5, 0.6) is 11.5 Å². The van der Waals surface area contributed by atoms with Gasteiger partial charge in [-0.15, -0.1) is 0 Å². The third-order valence-corrected chi connectivity index (χ3v) is 5.23. The molecule has 0 aliphatic carbocycles. The summed E-state index contributed by atoms with van der Waals surface area (Å²) in [7, 11) is 1.56. The number of rotatable bonds is 10. The van der Waals surface area contributed by atoms with Crippen LogP contribution in [-0.4, -0.2) is 28.6 Å². The van der Waals surface area contributed by atoms with Gasteiger partial charge in [-0.05, 0) is 65.8 Å². The summed E-state index contributed by atoms with van der Waals surface area (Å²) in [5.74, 6) is 0.681. The molecule has 6 nitrogen and oxygen atoms in total. The molecular weight excluding hydrogens is 428 g/mol. The first-order chi connectivity index (χ1) is 16.6. The Bertz CT molecular complexity index is 1350. The Balaban J connectivity index is 1.35. The Hall–Kier alpha value is -4.45. The van der Waals surface area contributed by atoms with Crippen molar-refractivity contribution in [2.75, 3.05) is 7.11 Å². The van der Waals surface area contributed by atoms with Crippen LogP contribution < -0.4 is 9.47 Å². The minimum atomic E-state index is -0.283. The minimum Gasteiger partial charge on any atom is -0.496 e. The number of hydrogen-bond donors (Lipinski definition) is 1. The fourth-order valence-corrected chi connectivity index (χ4v) is 3.47. The van der Waals surface area contributed by atoms with Crippen molar-refractivity contribution in [2.24, 2.45) is 0 Å². The first kappa shape index (κ1) is 22.7. The Morgan fingerprint density at radius 1 is 0.941 bits per heavy atom. The number of ether oxygens (including phenoxy) is 2. The molecule has 170 valence electrons. The number of nitrogens with zero attached hydrogens (tertiary/aromatic N) is 1. The zero-order chi connectivity index (χ0) is 23.8. The molecule has 0 saturated heterocycles. The molecule has 0 saturated carbocycles. The van der Waals surface area contributed by atoms with E-state index < -0.39 is 0 Å². The quantitative estimate of drug-likeness (QED) is 0.257. The fraction of sp³-hybridized carbons (Fsp3) is 0.107. The lowest BCUT2D eigenvalue weighted by atomic mass is 10.1. The van der Waals surface area contributed by atoms with Gasteiger partial charge in [-0.1, -0.05) is 18.2 Å². The monoisotopic (exact) mass is 452 g/mol. The number of aromatic amines is 1. The van der Waals surface area contributed by atoms with Gasteiger partial charge in [0.2, 0.25) is 0 Å². The third-order valence-electron chi connectivity index (χ3n) is 5.23. The van der Waals surface area contributed by atoms with Crippen LogP contribution in [0.4, 0.5) is 0 Å². The van der Waals surface area contributed by atoms with Crippen molar-refractivity contribution in [3.05, 3.63) is 102 Å². The summed E-state index contributed by atoms with van der Waals surface area (Å²) in [5, 5.41) is 1.03. The minimum absolute atomic E-state index is 0.203. The molecule has 0 radical (unpaired) electrons. The van der Waals surface area contributed by atoms with Crippen molar-refractivity contribution in [1.82, 2.24) is 9.97 Å². The van der Waals surface area contributed by atoms with Gasteiger partial charge < -0.3 is 14.5 Å². The summed E-state index contributed by atoms with van der Waals surface area (Å²) >= 11 is 0. The molecule has 0 unspecified atom stereocenters. The van der Waals surface area contributed by atoms with Gasteiger partial charge in [0.05, 0.1) is 13.5 Å². The van der Waals surface area contributed by atoms with Crippen LogP contribution in [-0.2, 0) is 16.2 Å². The summed E-state index contributed by atoms with van der Waals surface area (Å²) < 4.78 is 11.2. The average Bonchev–Trinajstić information content (AvgIpc) is 3.35. The van der Waals surface area contributed by atoms with Gasteiger partial charge in [-0.3, -0.25) is 14.6 Å². The van der Waals surface area contributed by atoms with E-state index in [0.717, 1.165) is 22.0 Å². The van der Waals surface area contributed by atoms with Crippen LogP contribution in [0.1, 0.15) is 23.1 Å². The van der Waals surface area contributed by atoms with E-state index in [1.54, 1.807) is 37.7 Å². The molecule has 0 amide bonds. The number of benzene rings is 2. The molecule has 0 aliphatic heterocycles. The Labute approximate surface area is 197 Å². The van der Waals surface area contributed by atoms with Crippen molar-refractivity contribution in [3.8, 4) is 11.5 Å². The van der Waals surface area contributed by atoms with Gasteiger partial charge in [0.15, 0.2) is 11.6 Å². The zero-order valence-corrected chi connectivity index (χ0v) is 18.7. The number of carbonyl (C=O) groups is 2. The van der Waals surface area contributed by atoms with Crippen LogP contribution >= 0.6 is 0 Å². The summed E-state index contributed by atoms with van der Waals surface area (Å²) in [6, 6.07) is 16.9. The van der Waals surface area contributed by atoms with Crippen LogP contribution in [0.2, 0.25) is 0 Å². The predicted octanol–water partition coefficient (Wildman–Crippen LogP) is 5.41. The molecule has 2 aromatic carbocycles. The number of ketones is 2. The van der Waals surface area contributed by atoms with Crippen LogP contribution in [0, 0.1) is 0 Å². The number of H-pyrrole nitrogens is 1. The highest BCUT2D eigenvalue weighted by Gasteiger charge is 2.07. The SMILES string of the molecule is COc1cc(OCc2ccncc2)ccc1/C=C/C(=O)CC(=O)/C=C/c1cccc2[nH]ccc12. The second-order valence-corrected chi connectivity index (χ2v) is 7.61. The van der Waals surface area contributed by atoms with E-state index in [0.29, 0.717) is 23.7 Å². The standard InChI is InChI=1S/C28H24N2O4/c1-33-28-18-25(34-19-20-11-14-29-15-12-20)10-7-22(28)6-9-24(32)17-23(31)8-5-21-3-2-4-27-26(21)13-16-30-27/h2-16,18,30H,17,19H2,1H3/b8-5+,9-6+. The fourth-order valence-electron chi connectivity index (χ4n) is 3.47. The smallest absolute Gasteiger partial charge is 0.163 e. The maximum atomic E-state index is 12.3. The van der Waals surface area contributed by atoms with Gasteiger partial charge in [-0.25, -0.2) is 0 Å². The van der Waals surface area contributed by atoms with E-state index in [1.165, 1.54) is 12.2 Å². The summed E-state index contributed by atoms with van der Waals surface area (Å²) in [6.07, 6.45) is 11.3. The Morgan fingerprint density at radius 3 is 2.47 bits per heavy atom. The highest BCUT2D eigenvalue weighted by atomic mass is 16.5. The van der Waals surface area contributed by atoms with Gasteiger partial charge in [-0.2, -0.15) is 0 Å². The molecule has 0 spiro atoms. The number of nitrogens with one attached hydrogen (secondary N) is 1. The van der Waals surface area contributed by atoms with Crippen molar-refractivity contribution in [3.63, 3.8) is 0 Å². The predicted molar refractivity (Wildman–Crippen MR) is 133 cm³/mol. The van der Waals surface area contributed by atoms with Crippen LogP contribution in [0.25, 0.3) is 23.1 Å². The molecule has 0 fully saturated rings. The molecule has 4 aromatic rings. The molecule has 1 N–H and O–H groups in total. The molecular formula is C28H24N2O4. The maximum absolute atomic E-state index is 12.3. The van der Waals surface area contributed by atoms with Gasteiger partial charge in [0.1, 0.15) is 18.1 Å². The molecule has 0 bridgehead atoms. The number of methoxy groups -OCH3 is 1.